The number of benzene rings is 1. The highest BCUT2D eigenvalue weighted by molar-refractivity contribution is 5.34. The van der Waals surface area contributed by atoms with Crippen molar-refractivity contribution in [3.63, 3.8) is 0 Å². The van der Waals surface area contributed by atoms with Crippen molar-refractivity contribution < 1.29 is 10.0 Å². The molecule has 1 atom stereocenters. The highest BCUT2D eigenvalue weighted by atomic mass is 16.6. The molecule has 1 rings (SSSR count). The van der Waals surface area contributed by atoms with Gasteiger partial charge >= 0.3 is 0 Å². The third-order valence-corrected chi connectivity index (χ3v) is 1.97. The Bertz CT molecular complexity index is 310. The number of nitrogens with two attached hydrogens (primary N) is 1. The van der Waals surface area contributed by atoms with E-state index in [-0.39, 0.29) is 18.3 Å². The zero-order valence-corrected chi connectivity index (χ0v) is 7.59. The van der Waals surface area contributed by atoms with Crippen LogP contribution < -0.4 is 5.73 Å². The predicted molar refractivity (Wildman–Crippen MR) is 51.7 cm³/mol. The second-order valence-electron chi connectivity index (χ2n) is 2.97. The number of hydrogen-bond acceptors (Lipinski definition) is 4. The molecule has 0 aromatic heterocycles. The number of nitrogens with zero attached hydrogens (tertiary/aromatic N) is 1. The van der Waals surface area contributed by atoms with Crippen LogP contribution in [0.3, 0.4) is 0 Å². The van der Waals surface area contributed by atoms with Crippen molar-refractivity contribution >= 4 is 5.69 Å². The second kappa shape index (κ2) is 4.69. The normalized spacial score (nSPS) is 12.4. The number of nitro benzene ring substituents is 1. The van der Waals surface area contributed by atoms with Crippen LogP contribution in [0.15, 0.2) is 24.3 Å². The zero-order valence-electron chi connectivity index (χ0n) is 7.59. The summed E-state index contributed by atoms with van der Waals surface area (Å²) >= 11 is 0. The molecule has 14 heavy (non-hydrogen) atoms. The Balaban J connectivity index is 2.77. The quantitative estimate of drug-likeness (QED) is 0.554. The first-order valence-corrected chi connectivity index (χ1v) is 4.26. The minimum absolute atomic E-state index is 0.0121. The van der Waals surface area contributed by atoms with E-state index in [4.69, 9.17) is 10.8 Å². The molecule has 0 heterocycles. The molecule has 0 unspecified atom stereocenters. The monoisotopic (exact) mass is 196 g/mol. The van der Waals surface area contributed by atoms with Crippen molar-refractivity contribution in [2.24, 2.45) is 5.73 Å². The van der Waals surface area contributed by atoms with Crippen LogP contribution in [0.1, 0.15) is 18.0 Å². The van der Waals surface area contributed by atoms with Crippen molar-refractivity contribution in [2.75, 3.05) is 6.61 Å². The van der Waals surface area contributed by atoms with E-state index in [1.807, 2.05) is 0 Å². The number of rotatable bonds is 4. The van der Waals surface area contributed by atoms with Crippen LogP contribution in [0.5, 0.6) is 0 Å². The van der Waals surface area contributed by atoms with E-state index in [0.717, 1.165) is 5.56 Å². The maximum atomic E-state index is 10.3. The molecule has 0 amide bonds. The Hall–Kier alpha value is -1.46. The molecule has 5 heteroatoms. The summed E-state index contributed by atoms with van der Waals surface area (Å²) in [6.45, 7) is 0.0121. The van der Waals surface area contributed by atoms with Crippen LogP contribution in [-0.4, -0.2) is 16.6 Å². The van der Waals surface area contributed by atoms with Crippen molar-refractivity contribution in [3.8, 4) is 0 Å². The molecule has 0 fully saturated rings. The van der Waals surface area contributed by atoms with Gasteiger partial charge in [0.1, 0.15) is 0 Å². The van der Waals surface area contributed by atoms with Gasteiger partial charge in [0, 0.05) is 24.8 Å². The fourth-order valence-corrected chi connectivity index (χ4v) is 1.15. The fourth-order valence-electron chi connectivity index (χ4n) is 1.15. The van der Waals surface area contributed by atoms with E-state index in [1.165, 1.54) is 12.1 Å². The average Bonchev–Trinajstić information content (AvgIpc) is 2.18. The van der Waals surface area contributed by atoms with Crippen LogP contribution in [0, 0.1) is 10.1 Å². The number of hydrogen-bond donors (Lipinski definition) is 2. The molecular weight excluding hydrogens is 184 g/mol. The first kappa shape index (κ1) is 10.6. The molecule has 0 saturated carbocycles. The molecule has 76 valence electrons. The van der Waals surface area contributed by atoms with Gasteiger partial charge in [0.2, 0.25) is 0 Å². The van der Waals surface area contributed by atoms with Crippen molar-refractivity contribution in [1.82, 2.24) is 0 Å². The number of aliphatic hydroxyl groups is 1. The molecule has 0 spiro atoms. The first-order chi connectivity index (χ1) is 6.65. The summed E-state index contributed by atoms with van der Waals surface area (Å²) in [5, 5.41) is 19.0. The number of non-ortho nitro benzene ring substituents is 1. The fraction of sp³-hybridized carbons (Fsp3) is 0.333. The lowest BCUT2D eigenvalue weighted by molar-refractivity contribution is -0.384. The average molecular weight is 196 g/mol. The van der Waals surface area contributed by atoms with E-state index in [9.17, 15) is 10.1 Å². The maximum Gasteiger partial charge on any atom is 0.269 e. The molecular formula is C9H12N2O3. The minimum atomic E-state index is -0.457. The lowest BCUT2D eigenvalue weighted by Gasteiger charge is -2.09. The van der Waals surface area contributed by atoms with Crippen LogP contribution in [0.25, 0.3) is 0 Å². The highest BCUT2D eigenvalue weighted by Gasteiger charge is 2.08. The summed E-state index contributed by atoms with van der Waals surface area (Å²) in [4.78, 5) is 9.89. The van der Waals surface area contributed by atoms with E-state index < -0.39 is 4.92 Å². The van der Waals surface area contributed by atoms with Crippen LogP contribution >= 0.6 is 0 Å². The smallest absolute Gasteiger partial charge is 0.269 e. The van der Waals surface area contributed by atoms with Gasteiger partial charge in [-0.25, -0.2) is 0 Å². The minimum Gasteiger partial charge on any atom is -0.396 e. The van der Waals surface area contributed by atoms with Crippen LogP contribution in [0.4, 0.5) is 5.69 Å². The molecule has 5 nitrogen and oxygen atoms in total. The molecule has 0 aliphatic heterocycles. The summed E-state index contributed by atoms with van der Waals surface area (Å²) in [6, 6.07) is 5.77. The SMILES string of the molecule is N[C@@H](CCO)c1ccc([N+](=O)[O-])cc1. The van der Waals surface area contributed by atoms with Gasteiger partial charge in [-0.3, -0.25) is 10.1 Å². The third kappa shape index (κ3) is 2.51. The Morgan fingerprint density at radius 1 is 1.43 bits per heavy atom. The van der Waals surface area contributed by atoms with E-state index in [2.05, 4.69) is 0 Å². The lowest BCUT2D eigenvalue weighted by atomic mass is 10.1. The van der Waals surface area contributed by atoms with Crippen LogP contribution in [0.2, 0.25) is 0 Å². The van der Waals surface area contributed by atoms with Gasteiger partial charge in [-0.15, -0.1) is 0 Å². The third-order valence-electron chi connectivity index (χ3n) is 1.97. The van der Waals surface area contributed by atoms with E-state index in [1.54, 1.807) is 12.1 Å². The van der Waals surface area contributed by atoms with Crippen LogP contribution in [-0.2, 0) is 0 Å². The van der Waals surface area contributed by atoms with Crippen molar-refractivity contribution in [3.05, 3.63) is 39.9 Å². The lowest BCUT2D eigenvalue weighted by Crippen LogP contribution is -2.11. The number of nitro groups is 1. The highest BCUT2D eigenvalue weighted by Crippen LogP contribution is 2.17. The Labute approximate surface area is 81.3 Å². The summed E-state index contributed by atoms with van der Waals surface area (Å²) < 4.78 is 0. The van der Waals surface area contributed by atoms with Gasteiger partial charge in [-0.1, -0.05) is 12.1 Å². The summed E-state index contributed by atoms with van der Waals surface area (Å²) in [5.41, 5.74) is 6.54. The Morgan fingerprint density at radius 3 is 2.43 bits per heavy atom. The van der Waals surface area contributed by atoms with Gasteiger partial charge in [0.15, 0.2) is 0 Å². The van der Waals surface area contributed by atoms with Crippen molar-refractivity contribution in [2.45, 2.75) is 12.5 Å². The predicted octanol–water partition coefficient (Wildman–Crippen LogP) is 0.977. The zero-order chi connectivity index (χ0) is 10.6. The van der Waals surface area contributed by atoms with E-state index in [0.29, 0.717) is 6.42 Å². The van der Waals surface area contributed by atoms with Gasteiger partial charge in [-0.2, -0.15) is 0 Å². The Kier molecular flexibility index (Phi) is 3.55. The van der Waals surface area contributed by atoms with Gasteiger partial charge in [0.25, 0.3) is 5.69 Å². The van der Waals surface area contributed by atoms with E-state index >= 15 is 0 Å². The van der Waals surface area contributed by atoms with Gasteiger partial charge in [0.05, 0.1) is 4.92 Å². The summed E-state index contributed by atoms with van der Waals surface area (Å²) in [7, 11) is 0. The van der Waals surface area contributed by atoms with Gasteiger partial charge < -0.3 is 10.8 Å². The van der Waals surface area contributed by atoms with Gasteiger partial charge in [-0.05, 0) is 12.0 Å². The summed E-state index contributed by atoms with van der Waals surface area (Å²) in [6.07, 6.45) is 0.456. The Morgan fingerprint density at radius 2 is 2.00 bits per heavy atom. The molecule has 1 aromatic carbocycles. The summed E-state index contributed by atoms with van der Waals surface area (Å²) in [5.74, 6) is 0. The molecule has 0 saturated heterocycles. The molecule has 1 aromatic rings. The molecule has 0 bridgehead atoms. The topological polar surface area (TPSA) is 89.4 Å². The second-order valence-corrected chi connectivity index (χ2v) is 2.97. The standard InChI is InChI=1S/C9H12N2O3/c10-9(5-6-12)7-1-3-8(4-2-7)11(13)14/h1-4,9,12H,5-6,10H2/t9-/m0/s1. The van der Waals surface area contributed by atoms with Crippen molar-refractivity contribution in [1.29, 1.82) is 0 Å². The maximum absolute atomic E-state index is 10.3. The molecule has 0 aliphatic carbocycles. The number of aliphatic hydroxyl groups excluding tert-OH is 1. The molecule has 3 N–H and O–H groups in total. The molecule has 0 aliphatic rings. The first-order valence-electron chi connectivity index (χ1n) is 4.26. The largest absolute Gasteiger partial charge is 0.396 e. The molecule has 0 radical (unpaired) electrons.